The molecule has 0 aromatic carbocycles. The lowest BCUT2D eigenvalue weighted by Gasteiger charge is -2.29. The molecule has 0 spiro atoms. The Kier molecular flexibility index (Phi) is 7.62. The molecule has 2 saturated heterocycles. The third-order valence-corrected chi connectivity index (χ3v) is 7.40. The maximum atomic E-state index is 13.3. The maximum Gasteiger partial charge on any atom is 0.328 e. The Balaban J connectivity index is 1.34. The Morgan fingerprint density at radius 2 is 2.18 bits per heavy atom. The number of nitriles is 1. The molecule has 2 fully saturated rings. The Bertz CT molecular complexity index is 1290. The number of fused-ring (bicyclic) bond motifs is 1. The number of methoxy groups -OCH3 is 1. The lowest BCUT2D eigenvalue weighted by molar-refractivity contribution is -0.136. The summed E-state index contributed by atoms with van der Waals surface area (Å²) in [5.74, 6) is 1.01. The van der Waals surface area contributed by atoms with Gasteiger partial charge in [-0.2, -0.15) is 5.26 Å². The van der Waals surface area contributed by atoms with Gasteiger partial charge in [0.2, 0.25) is 0 Å². The number of amides is 3. The van der Waals surface area contributed by atoms with Crippen LogP contribution in [-0.2, 0) is 33.7 Å². The molecule has 3 amide bonds. The van der Waals surface area contributed by atoms with E-state index in [-0.39, 0.29) is 18.1 Å². The van der Waals surface area contributed by atoms with Gasteiger partial charge in [0.05, 0.1) is 5.56 Å². The van der Waals surface area contributed by atoms with Gasteiger partial charge in [-0.3, -0.25) is 19.8 Å². The molecule has 3 aliphatic rings. The molecule has 2 atom stereocenters. The fourth-order valence-electron chi connectivity index (χ4n) is 5.34. The highest BCUT2D eigenvalue weighted by atomic mass is 16.5. The Morgan fingerprint density at radius 3 is 2.89 bits per heavy atom. The lowest BCUT2D eigenvalue weighted by atomic mass is 9.96. The minimum Gasteiger partial charge on any atom is -0.381 e. The van der Waals surface area contributed by atoms with E-state index in [0.29, 0.717) is 73.9 Å². The second kappa shape index (κ2) is 11.2. The largest absolute Gasteiger partial charge is 0.381 e. The van der Waals surface area contributed by atoms with Crippen molar-refractivity contribution in [3.05, 3.63) is 46.3 Å². The van der Waals surface area contributed by atoms with Crippen LogP contribution in [0.2, 0.25) is 0 Å². The normalized spacial score (nSPS) is 20.8. The number of hydrogen-bond acceptors (Lipinski definition) is 8. The molecule has 1 N–H and O–H groups in total. The van der Waals surface area contributed by atoms with E-state index in [9.17, 15) is 19.6 Å². The van der Waals surface area contributed by atoms with Crippen molar-refractivity contribution in [2.24, 2.45) is 5.92 Å². The molecule has 38 heavy (non-hydrogen) atoms. The highest BCUT2D eigenvalue weighted by Crippen LogP contribution is 2.29. The first-order valence-electron chi connectivity index (χ1n) is 12.9. The summed E-state index contributed by atoms with van der Waals surface area (Å²) in [5, 5.41) is 12.3. The van der Waals surface area contributed by atoms with Gasteiger partial charge in [0, 0.05) is 58.1 Å². The first-order chi connectivity index (χ1) is 18.5. The third kappa shape index (κ3) is 5.23. The highest BCUT2D eigenvalue weighted by Gasteiger charge is 2.33. The van der Waals surface area contributed by atoms with E-state index in [1.54, 1.807) is 11.0 Å². The van der Waals surface area contributed by atoms with Crippen molar-refractivity contribution in [1.82, 2.24) is 14.9 Å². The van der Waals surface area contributed by atoms with E-state index in [2.05, 4.69) is 21.4 Å². The summed E-state index contributed by atoms with van der Waals surface area (Å²) in [6, 6.07) is 5.39. The van der Waals surface area contributed by atoms with E-state index in [0.717, 1.165) is 30.6 Å². The summed E-state index contributed by atoms with van der Waals surface area (Å²) in [5.41, 5.74) is 3.01. The molecule has 0 unspecified atom stereocenters. The van der Waals surface area contributed by atoms with Crippen LogP contribution in [0.4, 0.5) is 16.4 Å². The predicted molar refractivity (Wildman–Crippen MR) is 137 cm³/mol. The first kappa shape index (κ1) is 25.8. The molecule has 198 valence electrons. The minimum absolute atomic E-state index is 0.0992. The van der Waals surface area contributed by atoms with Crippen LogP contribution in [0.15, 0.2) is 18.3 Å². The summed E-state index contributed by atoms with van der Waals surface area (Å²) in [6.07, 6.45) is 5.34. The summed E-state index contributed by atoms with van der Waals surface area (Å²) in [7, 11) is 1.52. The van der Waals surface area contributed by atoms with Crippen molar-refractivity contribution in [3.63, 3.8) is 0 Å². The Hall–Kier alpha value is -3.88. The summed E-state index contributed by atoms with van der Waals surface area (Å²) >= 11 is 0. The number of urea groups is 1. The second-order valence-corrected chi connectivity index (χ2v) is 9.86. The smallest absolute Gasteiger partial charge is 0.328 e. The number of aromatic nitrogens is 2. The van der Waals surface area contributed by atoms with E-state index in [1.807, 2.05) is 6.07 Å². The molecule has 11 nitrogen and oxygen atoms in total. The standard InChI is InChI=1S/C27H30N6O5/c1-37-23-4-7-32(26(23)35)14-20-10-18-3-2-6-33(25(18)30-22(20)15-34)27(36)31-24-11-19(21(12-28)13-29-24)9-17-5-8-38-16-17/h10-11,13,15,17,23H,2-9,14,16H2,1H3,(H,29,31,36)/t17-,23+/m1/s1. The molecular weight excluding hydrogens is 488 g/mol. The number of aryl methyl sites for hydroxylation is 1. The molecular formula is C27H30N6O5. The number of hydrogen-bond donors (Lipinski definition) is 1. The minimum atomic E-state index is -0.456. The fraction of sp³-hybridized carbons (Fsp3) is 0.481. The van der Waals surface area contributed by atoms with Gasteiger partial charge in [-0.25, -0.2) is 14.8 Å². The van der Waals surface area contributed by atoms with Gasteiger partial charge in [-0.05, 0) is 54.9 Å². The van der Waals surface area contributed by atoms with Crippen LogP contribution in [0.5, 0.6) is 0 Å². The van der Waals surface area contributed by atoms with Crippen molar-refractivity contribution < 1.29 is 23.9 Å². The molecule has 0 aliphatic carbocycles. The molecule has 3 aliphatic heterocycles. The number of ether oxygens (including phenoxy) is 2. The van der Waals surface area contributed by atoms with Gasteiger partial charge in [-0.15, -0.1) is 0 Å². The zero-order valence-corrected chi connectivity index (χ0v) is 21.3. The number of carbonyl (C=O) groups excluding carboxylic acids is 3. The fourth-order valence-corrected chi connectivity index (χ4v) is 5.34. The molecule has 11 heteroatoms. The van der Waals surface area contributed by atoms with Crippen molar-refractivity contribution in [2.75, 3.05) is 43.6 Å². The molecule has 2 aromatic rings. The van der Waals surface area contributed by atoms with Crippen LogP contribution in [0.3, 0.4) is 0 Å². The Labute approximate surface area is 220 Å². The lowest BCUT2D eigenvalue weighted by Crippen LogP contribution is -2.40. The van der Waals surface area contributed by atoms with E-state index >= 15 is 0 Å². The second-order valence-electron chi connectivity index (χ2n) is 9.86. The van der Waals surface area contributed by atoms with Gasteiger partial charge in [0.1, 0.15) is 29.5 Å². The number of nitrogens with one attached hydrogen (secondary N) is 1. The molecule has 5 rings (SSSR count). The van der Waals surface area contributed by atoms with Crippen LogP contribution in [0, 0.1) is 17.2 Å². The SMILES string of the molecule is CO[C@H]1CCN(Cc2cc3c(nc2C=O)N(C(=O)Nc2cc(C[C@H]4CCOC4)c(C#N)cn2)CCC3)C1=O. The van der Waals surface area contributed by atoms with Gasteiger partial charge in [0.15, 0.2) is 6.29 Å². The molecule has 0 radical (unpaired) electrons. The average molecular weight is 519 g/mol. The number of anilines is 2. The van der Waals surface area contributed by atoms with E-state index < -0.39 is 12.1 Å². The van der Waals surface area contributed by atoms with Crippen molar-refractivity contribution in [3.8, 4) is 6.07 Å². The Morgan fingerprint density at radius 1 is 1.32 bits per heavy atom. The van der Waals surface area contributed by atoms with Gasteiger partial charge in [-0.1, -0.05) is 0 Å². The molecule has 0 saturated carbocycles. The number of carbonyl (C=O) groups is 3. The van der Waals surface area contributed by atoms with Crippen LogP contribution < -0.4 is 10.2 Å². The zero-order chi connectivity index (χ0) is 26.6. The number of likely N-dealkylation sites (tertiary alicyclic amines) is 1. The van der Waals surface area contributed by atoms with Crippen LogP contribution in [0.25, 0.3) is 0 Å². The van der Waals surface area contributed by atoms with Crippen molar-refractivity contribution >= 4 is 29.9 Å². The third-order valence-electron chi connectivity index (χ3n) is 7.40. The molecule has 0 bridgehead atoms. The highest BCUT2D eigenvalue weighted by molar-refractivity contribution is 6.01. The predicted octanol–water partition coefficient (Wildman–Crippen LogP) is 2.47. The van der Waals surface area contributed by atoms with Crippen molar-refractivity contribution in [1.29, 1.82) is 5.26 Å². The number of nitrogens with zero attached hydrogens (tertiary/aromatic N) is 5. The van der Waals surface area contributed by atoms with Gasteiger partial charge >= 0.3 is 6.03 Å². The molecule has 5 heterocycles. The number of aldehydes is 1. The van der Waals surface area contributed by atoms with E-state index in [1.165, 1.54) is 18.2 Å². The average Bonchev–Trinajstić information content (AvgIpc) is 3.57. The zero-order valence-electron chi connectivity index (χ0n) is 21.3. The van der Waals surface area contributed by atoms with Crippen molar-refractivity contribution in [2.45, 2.75) is 44.8 Å². The van der Waals surface area contributed by atoms with E-state index in [4.69, 9.17) is 9.47 Å². The van der Waals surface area contributed by atoms with Crippen LogP contribution in [-0.4, -0.2) is 72.6 Å². The number of rotatable bonds is 7. The van der Waals surface area contributed by atoms with Gasteiger partial charge < -0.3 is 14.4 Å². The first-order valence-corrected chi connectivity index (χ1v) is 12.9. The summed E-state index contributed by atoms with van der Waals surface area (Å²) in [4.78, 5) is 49.8. The van der Waals surface area contributed by atoms with Crippen LogP contribution >= 0.6 is 0 Å². The quantitative estimate of drug-likeness (QED) is 0.552. The van der Waals surface area contributed by atoms with Gasteiger partial charge in [0.25, 0.3) is 5.91 Å². The maximum absolute atomic E-state index is 13.3. The summed E-state index contributed by atoms with van der Waals surface area (Å²) < 4.78 is 10.7. The summed E-state index contributed by atoms with van der Waals surface area (Å²) in [6.45, 7) is 2.63. The molecule has 2 aromatic heterocycles. The monoisotopic (exact) mass is 518 g/mol. The number of pyridine rings is 2. The topological polar surface area (TPSA) is 138 Å². The van der Waals surface area contributed by atoms with Crippen LogP contribution in [0.1, 0.15) is 52.0 Å².